The lowest BCUT2D eigenvalue weighted by Gasteiger charge is -2.30. The third-order valence-corrected chi connectivity index (χ3v) is 9.26. The average Bonchev–Trinajstić information content (AvgIpc) is 3.65. The Balaban J connectivity index is 1.80. The Hall–Kier alpha value is -5.32. The van der Waals surface area contributed by atoms with E-state index in [1.165, 1.54) is 12.5 Å². The van der Waals surface area contributed by atoms with Gasteiger partial charge in [0.2, 0.25) is 35.4 Å². The van der Waals surface area contributed by atoms with Crippen molar-refractivity contribution in [3.05, 3.63) is 54.1 Å². The predicted molar refractivity (Wildman–Crippen MR) is 198 cm³/mol. The zero-order chi connectivity index (χ0) is 39.8. The Morgan fingerprint density at radius 3 is 2.15 bits per heavy atom. The van der Waals surface area contributed by atoms with Crippen LogP contribution in [0.15, 0.2) is 42.9 Å². The van der Waals surface area contributed by atoms with Gasteiger partial charge in [0.1, 0.15) is 30.2 Å². The molecule has 54 heavy (non-hydrogen) atoms. The minimum absolute atomic E-state index is 0.0430. The third-order valence-electron chi connectivity index (χ3n) is 9.26. The maximum Gasteiger partial charge on any atom is 0.303 e. The fraction of sp³-hybridized carbons (Fsp3) is 0.568. The van der Waals surface area contributed by atoms with E-state index in [1.54, 1.807) is 6.92 Å². The first-order valence-electron chi connectivity index (χ1n) is 18.5. The van der Waals surface area contributed by atoms with E-state index in [-0.39, 0.29) is 37.5 Å². The van der Waals surface area contributed by atoms with Gasteiger partial charge in [0, 0.05) is 31.3 Å². The van der Waals surface area contributed by atoms with E-state index in [4.69, 9.17) is 5.73 Å². The van der Waals surface area contributed by atoms with Crippen LogP contribution in [0.25, 0.3) is 0 Å². The van der Waals surface area contributed by atoms with Gasteiger partial charge < -0.3 is 47.7 Å². The van der Waals surface area contributed by atoms with Gasteiger partial charge in [0.25, 0.3) is 0 Å². The second-order valence-electron chi connectivity index (χ2n) is 14.2. The standard InChI is InChI=1S/C37H55N9O8/c1-5-22(4)31(37(54)43-26-12-9-15-40-33(26)50)46-34(51)27(13-14-30(47)48)42-36(53)29(18-24-19-39-20-41-24)45-35(52)28(16-21(2)3)44-32(49)25(38)17-23-10-7-6-8-11-23/h6-8,10-11,19-22,25-29,31H,5,9,12-18,38H2,1-4H3,(H,39,41)(H,40,50)(H,42,53)(H,43,54)(H,44,49)(H,45,52)(H,46,51)(H,47,48)/t22-,25+,26-,27+,28-,29-,31+/m0/s1. The Labute approximate surface area is 315 Å². The van der Waals surface area contributed by atoms with Crippen molar-refractivity contribution in [2.24, 2.45) is 17.6 Å². The van der Waals surface area contributed by atoms with Crippen molar-refractivity contribution < 1.29 is 38.7 Å². The number of aliphatic carboxylic acids is 1. The molecule has 0 aliphatic carbocycles. The Bertz CT molecular complexity index is 1570. The van der Waals surface area contributed by atoms with Crippen LogP contribution >= 0.6 is 0 Å². The number of amides is 6. The summed E-state index contributed by atoms with van der Waals surface area (Å²) in [4.78, 5) is 98.7. The van der Waals surface area contributed by atoms with Gasteiger partial charge in [0.15, 0.2) is 0 Å². The van der Waals surface area contributed by atoms with E-state index in [9.17, 15) is 38.7 Å². The molecule has 17 heteroatoms. The molecule has 1 aromatic carbocycles. The highest BCUT2D eigenvalue weighted by Crippen LogP contribution is 2.13. The highest BCUT2D eigenvalue weighted by Gasteiger charge is 2.35. The summed E-state index contributed by atoms with van der Waals surface area (Å²) in [6, 6.07) is 2.56. The molecule has 1 aliphatic rings. The molecule has 1 fully saturated rings. The monoisotopic (exact) mass is 753 g/mol. The highest BCUT2D eigenvalue weighted by molar-refractivity contribution is 5.97. The Morgan fingerprint density at radius 2 is 1.54 bits per heavy atom. The van der Waals surface area contributed by atoms with Crippen LogP contribution in [0.4, 0.5) is 0 Å². The zero-order valence-electron chi connectivity index (χ0n) is 31.4. The number of H-pyrrole nitrogens is 1. The molecule has 1 saturated heterocycles. The number of piperidine rings is 1. The van der Waals surface area contributed by atoms with Crippen molar-refractivity contribution in [2.75, 3.05) is 6.54 Å². The molecule has 2 heterocycles. The van der Waals surface area contributed by atoms with Gasteiger partial charge in [-0.1, -0.05) is 64.4 Å². The lowest BCUT2D eigenvalue weighted by Crippen LogP contribution is -2.61. The average molecular weight is 754 g/mol. The van der Waals surface area contributed by atoms with Gasteiger partial charge in [0.05, 0.1) is 12.4 Å². The van der Waals surface area contributed by atoms with Crippen molar-refractivity contribution >= 4 is 41.4 Å². The molecule has 7 atom stereocenters. The van der Waals surface area contributed by atoms with Crippen LogP contribution in [0, 0.1) is 11.8 Å². The molecule has 296 valence electrons. The van der Waals surface area contributed by atoms with Crippen LogP contribution < -0.4 is 37.6 Å². The van der Waals surface area contributed by atoms with Crippen LogP contribution in [0.1, 0.15) is 77.5 Å². The van der Waals surface area contributed by atoms with Gasteiger partial charge in [-0.15, -0.1) is 0 Å². The molecule has 3 rings (SSSR count). The number of hydrogen-bond acceptors (Lipinski definition) is 9. The van der Waals surface area contributed by atoms with E-state index in [0.29, 0.717) is 31.5 Å². The molecule has 1 aliphatic heterocycles. The highest BCUT2D eigenvalue weighted by atomic mass is 16.4. The predicted octanol–water partition coefficient (Wildman–Crippen LogP) is -0.187. The van der Waals surface area contributed by atoms with Gasteiger partial charge in [-0.25, -0.2) is 4.98 Å². The second-order valence-corrected chi connectivity index (χ2v) is 14.2. The van der Waals surface area contributed by atoms with Crippen molar-refractivity contribution in [1.82, 2.24) is 41.9 Å². The van der Waals surface area contributed by atoms with E-state index >= 15 is 0 Å². The molecule has 0 saturated carbocycles. The van der Waals surface area contributed by atoms with Crippen LogP contribution in [0.2, 0.25) is 0 Å². The number of imidazole rings is 1. The quantitative estimate of drug-likeness (QED) is 0.0811. The van der Waals surface area contributed by atoms with E-state index in [2.05, 4.69) is 41.9 Å². The topological polar surface area (TPSA) is 267 Å². The van der Waals surface area contributed by atoms with E-state index in [1.807, 2.05) is 51.1 Å². The van der Waals surface area contributed by atoms with Gasteiger partial charge in [-0.2, -0.15) is 0 Å². The number of carbonyl (C=O) groups excluding carboxylic acids is 6. The van der Waals surface area contributed by atoms with Crippen molar-refractivity contribution in [2.45, 2.75) is 115 Å². The minimum atomic E-state index is -1.42. The number of nitrogens with two attached hydrogens (primary N) is 1. The lowest BCUT2D eigenvalue weighted by atomic mass is 9.96. The normalized spacial score (nSPS) is 17.4. The number of hydrogen-bond donors (Lipinski definition) is 9. The van der Waals surface area contributed by atoms with Crippen molar-refractivity contribution in [3.8, 4) is 0 Å². The summed E-state index contributed by atoms with van der Waals surface area (Å²) in [5.41, 5.74) is 7.51. The van der Waals surface area contributed by atoms with Crippen molar-refractivity contribution in [3.63, 3.8) is 0 Å². The summed E-state index contributed by atoms with van der Waals surface area (Å²) < 4.78 is 0. The Kier molecular flexibility index (Phi) is 17.1. The minimum Gasteiger partial charge on any atom is -0.481 e. The molecule has 1 aromatic heterocycles. The molecule has 0 spiro atoms. The van der Waals surface area contributed by atoms with E-state index in [0.717, 1.165) is 5.56 Å². The van der Waals surface area contributed by atoms with Crippen LogP contribution in [-0.4, -0.2) is 99.3 Å². The van der Waals surface area contributed by atoms with Gasteiger partial charge in [-0.05, 0) is 49.5 Å². The van der Waals surface area contributed by atoms with Gasteiger partial charge >= 0.3 is 5.97 Å². The summed E-state index contributed by atoms with van der Waals surface area (Å²) in [7, 11) is 0. The first-order valence-corrected chi connectivity index (χ1v) is 18.5. The van der Waals surface area contributed by atoms with Crippen LogP contribution in [-0.2, 0) is 46.4 Å². The molecular weight excluding hydrogens is 698 g/mol. The SMILES string of the molecule is CC[C@H](C)[C@@H](NC(=O)[C@@H](CCC(=O)O)NC(=O)[C@H](Cc1cnc[nH]1)NC(=O)[C@H](CC(C)C)NC(=O)[C@H](N)Cc1ccccc1)C(=O)N[C@H]1CCCNC1=O. The number of rotatable bonds is 21. The summed E-state index contributed by atoms with van der Waals surface area (Å²) >= 11 is 0. The summed E-state index contributed by atoms with van der Waals surface area (Å²) in [6.07, 6.45) is 3.97. The van der Waals surface area contributed by atoms with Crippen molar-refractivity contribution in [1.29, 1.82) is 0 Å². The zero-order valence-corrected chi connectivity index (χ0v) is 31.4. The number of aromatic nitrogens is 2. The number of nitrogens with zero attached hydrogens (tertiary/aromatic N) is 1. The number of nitrogens with one attached hydrogen (secondary N) is 7. The maximum atomic E-state index is 13.9. The second kappa shape index (κ2) is 21.4. The molecule has 2 aromatic rings. The van der Waals surface area contributed by atoms with Crippen LogP contribution in [0.5, 0.6) is 0 Å². The summed E-state index contributed by atoms with van der Waals surface area (Å²) in [6.45, 7) is 7.80. The molecule has 0 radical (unpaired) electrons. The molecule has 17 nitrogen and oxygen atoms in total. The largest absolute Gasteiger partial charge is 0.481 e. The first kappa shape index (κ1) is 43.1. The molecule has 0 bridgehead atoms. The molecule has 6 amide bonds. The first-order chi connectivity index (χ1) is 25.7. The molecule has 10 N–H and O–H groups in total. The molecule has 0 unspecified atom stereocenters. The Morgan fingerprint density at radius 1 is 0.889 bits per heavy atom. The number of carboxylic acids is 1. The smallest absolute Gasteiger partial charge is 0.303 e. The third kappa shape index (κ3) is 13.9. The summed E-state index contributed by atoms with van der Waals surface area (Å²) in [5.74, 6) is -5.43. The van der Waals surface area contributed by atoms with E-state index < -0.39 is 84.1 Å². The lowest BCUT2D eigenvalue weighted by molar-refractivity contribution is -0.139. The number of aromatic amines is 1. The fourth-order valence-electron chi connectivity index (χ4n) is 5.98. The number of carbonyl (C=O) groups is 7. The van der Waals surface area contributed by atoms with Crippen LogP contribution in [0.3, 0.4) is 0 Å². The van der Waals surface area contributed by atoms with Gasteiger partial charge in [-0.3, -0.25) is 33.6 Å². The number of carboxylic acid groups (broad SMARTS) is 1. The molecular formula is C37H55N9O8. The fourth-order valence-corrected chi connectivity index (χ4v) is 5.98. The number of benzene rings is 1. The summed E-state index contributed by atoms with van der Waals surface area (Å²) in [5, 5.41) is 25.5. The maximum absolute atomic E-state index is 13.9.